The van der Waals surface area contributed by atoms with E-state index in [1.165, 1.54) is 12.1 Å². The van der Waals surface area contributed by atoms with Crippen LogP contribution in [0.2, 0.25) is 0 Å². The quantitative estimate of drug-likeness (QED) is 0.463. The molecule has 2 amide bonds. The van der Waals surface area contributed by atoms with E-state index in [0.717, 1.165) is 5.56 Å². The molecule has 2 aromatic heterocycles. The van der Waals surface area contributed by atoms with Crippen LogP contribution in [0.25, 0.3) is 11.4 Å². The molecule has 2 heterocycles. The van der Waals surface area contributed by atoms with Crippen molar-refractivity contribution < 1.29 is 13.7 Å². The van der Waals surface area contributed by atoms with Gasteiger partial charge in [-0.2, -0.15) is 4.98 Å². The molecule has 0 saturated carbocycles. The number of carbonyl (C=O) groups excluding carboxylic acids is 1. The Morgan fingerprint density at radius 3 is 2.69 bits per heavy atom. The Hall–Kier alpha value is -4.01. The fourth-order valence-electron chi connectivity index (χ4n) is 3.39. The van der Waals surface area contributed by atoms with E-state index < -0.39 is 12.1 Å². The van der Waals surface area contributed by atoms with Gasteiger partial charge in [-0.3, -0.25) is 0 Å². The number of carbonyl (C=O) groups is 1. The number of nitrogens with zero attached hydrogens (tertiary/aromatic N) is 4. The van der Waals surface area contributed by atoms with Crippen LogP contribution < -0.4 is 10.6 Å². The summed E-state index contributed by atoms with van der Waals surface area (Å²) in [5.41, 5.74) is 1.44. The molecule has 0 radical (unpaired) electrons. The summed E-state index contributed by atoms with van der Waals surface area (Å²) < 4.78 is 20.9. The first kappa shape index (κ1) is 21.2. The number of aromatic nitrogens is 4. The molecule has 0 saturated heterocycles. The molecule has 0 aliphatic carbocycles. The van der Waals surface area contributed by atoms with Gasteiger partial charge in [0, 0.05) is 37.5 Å². The molecule has 0 aliphatic heterocycles. The Labute approximate surface area is 184 Å². The molecule has 164 valence electrons. The lowest BCUT2D eigenvalue weighted by molar-refractivity contribution is 0.234. The van der Waals surface area contributed by atoms with Gasteiger partial charge in [-0.25, -0.2) is 14.2 Å². The highest BCUT2D eigenvalue weighted by molar-refractivity contribution is 5.75. The molecule has 4 rings (SSSR count). The molecule has 0 bridgehead atoms. The van der Waals surface area contributed by atoms with Crippen LogP contribution in [0.15, 0.2) is 71.5 Å². The zero-order chi connectivity index (χ0) is 22.5. The van der Waals surface area contributed by atoms with Crippen LogP contribution in [0, 0.1) is 5.82 Å². The predicted molar refractivity (Wildman–Crippen MR) is 116 cm³/mol. The average molecular weight is 434 g/mol. The van der Waals surface area contributed by atoms with Crippen molar-refractivity contribution in [1.82, 2.24) is 30.3 Å². The fraction of sp³-hybridized carbons (Fsp3) is 0.217. The molecular weight excluding hydrogens is 411 g/mol. The van der Waals surface area contributed by atoms with Gasteiger partial charge in [0.05, 0.1) is 0 Å². The van der Waals surface area contributed by atoms with Gasteiger partial charge in [0.2, 0.25) is 11.7 Å². The topological polar surface area (TPSA) is 97.9 Å². The Morgan fingerprint density at radius 1 is 1.16 bits per heavy atom. The van der Waals surface area contributed by atoms with E-state index >= 15 is 0 Å². The Bertz CT molecular complexity index is 1190. The maximum atomic E-state index is 13.8. The summed E-state index contributed by atoms with van der Waals surface area (Å²) in [5.74, 6) is 1.12. The number of hydrogen-bond donors (Lipinski definition) is 2. The van der Waals surface area contributed by atoms with Crippen molar-refractivity contribution in [2.75, 3.05) is 0 Å². The summed E-state index contributed by atoms with van der Waals surface area (Å²) in [7, 11) is 1.82. The number of hydrogen-bond acceptors (Lipinski definition) is 5. The number of urea groups is 1. The van der Waals surface area contributed by atoms with Crippen molar-refractivity contribution in [3.63, 3.8) is 0 Å². The second kappa shape index (κ2) is 9.42. The lowest BCUT2D eigenvalue weighted by Crippen LogP contribution is -2.44. The smallest absolute Gasteiger partial charge is 0.315 e. The van der Waals surface area contributed by atoms with Crippen molar-refractivity contribution in [2.45, 2.75) is 25.4 Å². The second-order valence-electron chi connectivity index (χ2n) is 7.49. The first-order chi connectivity index (χ1) is 15.5. The largest absolute Gasteiger partial charge is 0.339 e. The third-order valence-corrected chi connectivity index (χ3v) is 4.93. The molecule has 8 nitrogen and oxygen atoms in total. The summed E-state index contributed by atoms with van der Waals surface area (Å²) in [6.45, 7) is 1.84. The normalized spacial score (nSPS) is 12.8. The van der Waals surface area contributed by atoms with Gasteiger partial charge in [0.25, 0.3) is 0 Å². The number of nitrogens with one attached hydrogen (secondary N) is 2. The van der Waals surface area contributed by atoms with Crippen LogP contribution in [0.4, 0.5) is 9.18 Å². The van der Waals surface area contributed by atoms with E-state index in [0.29, 0.717) is 29.5 Å². The van der Waals surface area contributed by atoms with Crippen LogP contribution in [0.3, 0.4) is 0 Å². The van der Waals surface area contributed by atoms with Crippen molar-refractivity contribution in [2.24, 2.45) is 7.05 Å². The maximum absolute atomic E-state index is 13.8. The third kappa shape index (κ3) is 5.00. The first-order valence-electron chi connectivity index (χ1n) is 10.2. The second-order valence-corrected chi connectivity index (χ2v) is 7.49. The molecule has 2 atom stereocenters. The fourth-order valence-corrected chi connectivity index (χ4v) is 3.39. The molecule has 0 aliphatic rings. The molecule has 2 N–H and O–H groups in total. The van der Waals surface area contributed by atoms with Gasteiger partial charge < -0.3 is 19.7 Å². The van der Waals surface area contributed by atoms with Crippen LogP contribution in [-0.4, -0.2) is 31.8 Å². The molecular formula is C23H23FN6O2. The minimum absolute atomic E-state index is 0.284. The molecule has 9 heteroatoms. The zero-order valence-electron chi connectivity index (χ0n) is 17.7. The summed E-state index contributed by atoms with van der Waals surface area (Å²) in [6.07, 6.45) is 3.76. The number of aryl methyl sites for hydroxylation is 1. The number of halogens is 1. The van der Waals surface area contributed by atoms with Gasteiger partial charge in [0.1, 0.15) is 17.7 Å². The van der Waals surface area contributed by atoms with E-state index in [1.54, 1.807) is 29.1 Å². The van der Waals surface area contributed by atoms with E-state index in [1.807, 2.05) is 44.3 Å². The lowest BCUT2D eigenvalue weighted by atomic mass is 10.1. The zero-order valence-corrected chi connectivity index (χ0v) is 17.7. The van der Waals surface area contributed by atoms with E-state index in [4.69, 9.17) is 4.52 Å². The number of imidazole rings is 1. The molecule has 2 unspecified atom stereocenters. The molecule has 0 spiro atoms. The van der Waals surface area contributed by atoms with Crippen molar-refractivity contribution >= 4 is 6.03 Å². The van der Waals surface area contributed by atoms with E-state index in [2.05, 4.69) is 25.8 Å². The lowest BCUT2D eigenvalue weighted by Gasteiger charge is -2.21. The summed E-state index contributed by atoms with van der Waals surface area (Å²) in [4.78, 5) is 21.4. The molecule has 0 fully saturated rings. The highest BCUT2D eigenvalue weighted by Crippen LogP contribution is 2.21. The van der Waals surface area contributed by atoms with Crippen molar-refractivity contribution in [3.8, 4) is 11.4 Å². The number of amides is 2. The SMILES string of the molecule is CC(Cc1nc(-c2ccccc2)no1)NC(=O)NC(c1cccc(F)c1)c1nccn1C. The first-order valence-corrected chi connectivity index (χ1v) is 10.2. The maximum Gasteiger partial charge on any atom is 0.315 e. The van der Waals surface area contributed by atoms with Gasteiger partial charge in [-0.05, 0) is 24.6 Å². The minimum Gasteiger partial charge on any atom is -0.339 e. The standard InChI is InChI=1S/C23H23FN6O2/c1-15(13-19-27-21(29-32-19)16-7-4-3-5-8-16)26-23(31)28-20(22-25-11-12-30(22)2)17-9-6-10-18(24)14-17/h3-12,14-15,20H,13H2,1-2H3,(H2,26,28,31). The average Bonchev–Trinajstić information content (AvgIpc) is 3.41. The summed E-state index contributed by atoms with van der Waals surface area (Å²) in [5, 5.41) is 9.75. The minimum atomic E-state index is -0.619. The predicted octanol–water partition coefficient (Wildman–Crippen LogP) is 3.63. The Balaban J connectivity index is 1.42. The summed E-state index contributed by atoms with van der Waals surface area (Å²) in [6, 6.07) is 14.3. The summed E-state index contributed by atoms with van der Waals surface area (Å²) >= 11 is 0. The van der Waals surface area contributed by atoms with Crippen LogP contribution in [0.1, 0.15) is 30.2 Å². The van der Waals surface area contributed by atoms with E-state index in [-0.39, 0.29) is 11.9 Å². The van der Waals surface area contributed by atoms with Crippen molar-refractivity contribution in [1.29, 1.82) is 0 Å². The third-order valence-electron chi connectivity index (χ3n) is 4.93. The van der Waals surface area contributed by atoms with Gasteiger partial charge in [0.15, 0.2) is 0 Å². The van der Waals surface area contributed by atoms with Gasteiger partial charge in [-0.1, -0.05) is 47.6 Å². The Kier molecular flexibility index (Phi) is 6.25. The van der Waals surface area contributed by atoms with Crippen LogP contribution in [-0.2, 0) is 13.5 Å². The van der Waals surface area contributed by atoms with Crippen LogP contribution >= 0.6 is 0 Å². The van der Waals surface area contributed by atoms with E-state index in [9.17, 15) is 9.18 Å². The van der Waals surface area contributed by atoms with Crippen LogP contribution in [0.5, 0.6) is 0 Å². The number of benzene rings is 2. The van der Waals surface area contributed by atoms with Crippen molar-refractivity contribution in [3.05, 3.63) is 90.1 Å². The molecule has 2 aromatic carbocycles. The molecule has 32 heavy (non-hydrogen) atoms. The van der Waals surface area contributed by atoms with Gasteiger partial charge >= 0.3 is 6.03 Å². The van der Waals surface area contributed by atoms with Gasteiger partial charge in [-0.15, -0.1) is 0 Å². The highest BCUT2D eigenvalue weighted by Gasteiger charge is 2.22. The monoisotopic (exact) mass is 434 g/mol. The Morgan fingerprint density at radius 2 is 1.97 bits per heavy atom. The molecule has 4 aromatic rings. The highest BCUT2D eigenvalue weighted by atomic mass is 19.1. The number of rotatable bonds is 7.